The average molecular weight is 219 g/mol. The fraction of sp³-hybridized carbons (Fsp3) is 0.462. The summed E-state index contributed by atoms with van der Waals surface area (Å²) in [4.78, 5) is 4.25. The van der Waals surface area contributed by atoms with Gasteiger partial charge in [-0.2, -0.15) is 0 Å². The summed E-state index contributed by atoms with van der Waals surface area (Å²) in [5.74, 6) is 0.939. The first-order valence-electron chi connectivity index (χ1n) is 5.51. The van der Waals surface area contributed by atoms with Crippen LogP contribution in [-0.4, -0.2) is 10.1 Å². The van der Waals surface area contributed by atoms with Gasteiger partial charge in [0.25, 0.3) is 0 Å². The lowest BCUT2D eigenvalue weighted by molar-refractivity contribution is 0.0558. The second-order valence-electron chi connectivity index (χ2n) is 4.94. The maximum atomic E-state index is 9.90. The van der Waals surface area contributed by atoms with Crippen molar-refractivity contribution in [3.05, 3.63) is 29.7 Å². The van der Waals surface area contributed by atoms with Gasteiger partial charge in [-0.1, -0.05) is 13.8 Å². The third-order valence-corrected chi connectivity index (χ3v) is 2.67. The first-order chi connectivity index (χ1) is 7.39. The van der Waals surface area contributed by atoms with E-state index in [-0.39, 0.29) is 0 Å². The molecule has 86 valence electrons. The Labute approximate surface area is 95.1 Å². The number of furan rings is 1. The lowest BCUT2D eigenvalue weighted by Crippen LogP contribution is -2.13. The molecule has 0 fully saturated rings. The molecule has 16 heavy (non-hydrogen) atoms. The lowest BCUT2D eigenvalue weighted by atomic mass is 10.0. The summed E-state index contributed by atoms with van der Waals surface area (Å²) < 4.78 is 5.71. The zero-order chi connectivity index (χ0) is 11.9. The lowest BCUT2D eigenvalue weighted by Gasteiger charge is -2.12. The second kappa shape index (κ2) is 3.59. The van der Waals surface area contributed by atoms with Crippen LogP contribution in [-0.2, 0) is 5.60 Å². The summed E-state index contributed by atoms with van der Waals surface area (Å²) in [6, 6.07) is 3.77. The summed E-state index contributed by atoms with van der Waals surface area (Å²) >= 11 is 0. The van der Waals surface area contributed by atoms with E-state index in [9.17, 15) is 5.11 Å². The van der Waals surface area contributed by atoms with Crippen molar-refractivity contribution >= 4 is 11.1 Å². The zero-order valence-electron chi connectivity index (χ0n) is 10.1. The van der Waals surface area contributed by atoms with Crippen molar-refractivity contribution in [2.75, 3.05) is 0 Å². The van der Waals surface area contributed by atoms with Gasteiger partial charge in [-0.3, -0.25) is 4.98 Å². The average Bonchev–Trinajstić information content (AvgIpc) is 2.59. The van der Waals surface area contributed by atoms with Crippen molar-refractivity contribution in [1.29, 1.82) is 0 Å². The van der Waals surface area contributed by atoms with Gasteiger partial charge in [0.05, 0.1) is 0 Å². The van der Waals surface area contributed by atoms with E-state index >= 15 is 0 Å². The number of fused-ring (bicyclic) bond motifs is 1. The molecule has 0 amide bonds. The van der Waals surface area contributed by atoms with Crippen LogP contribution in [0.15, 0.2) is 22.7 Å². The van der Waals surface area contributed by atoms with Crippen molar-refractivity contribution in [1.82, 2.24) is 4.98 Å². The maximum Gasteiger partial charge on any atom is 0.156 e. The minimum absolute atomic E-state index is 0.381. The van der Waals surface area contributed by atoms with E-state index in [2.05, 4.69) is 18.8 Å². The highest BCUT2D eigenvalue weighted by Gasteiger charge is 2.22. The van der Waals surface area contributed by atoms with Gasteiger partial charge in [-0.15, -0.1) is 0 Å². The summed E-state index contributed by atoms with van der Waals surface area (Å²) in [7, 11) is 0. The van der Waals surface area contributed by atoms with Crippen molar-refractivity contribution in [2.45, 2.75) is 39.2 Å². The highest BCUT2D eigenvalue weighted by atomic mass is 16.4. The van der Waals surface area contributed by atoms with Crippen molar-refractivity contribution in [3.8, 4) is 0 Å². The van der Waals surface area contributed by atoms with Gasteiger partial charge in [0, 0.05) is 17.8 Å². The molecule has 2 rings (SSSR count). The molecular formula is C13H17NO2. The van der Waals surface area contributed by atoms with E-state index in [1.54, 1.807) is 26.1 Å². The Bertz CT molecular complexity index is 506. The normalized spacial score (nSPS) is 12.6. The van der Waals surface area contributed by atoms with Crippen LogP contribution in [0.3, 0.4) is 0 Å². The van der Waals surface area contributed by atoms with Gasteiger partial charge in [0.1, 0.15) is 16.9 Å². The van der Waals surface area contributed by atoms with Gasteiger partial charge >= 0.3 is 0 Å². The van der Waals surface area contributed by atoms with Crippen LogP contribution in [0, 0.1) is 0 Å². The Morgan fingerprint density at radius 3 is 2.62 bits per heavy atom. The SMILES string of the molecule is CC(C)c1ccnc2cc(C(C)(C)O)oc12. The summed E-state index contributed by atoms with van der Waals surface area (Å²) in [5.41, 5.74) is 1.76. The minimum Gasteiger partial charge on any atom is -0.456 e. The summed E-state index contributed by atoms with van der Waals surface area (Å²) in [6.07, 6.45) is 1.78. The Morgan fingerprint density at radius 1 is 1.38 bits per heavy atom. The van der Waals surface area contributed by atoms with E-state index in [4.69, 9.17) is 4.42 Å². The van der Waals surface area contributed by atoms with Crippen LogP contribution in [0.4, 0.5) is 0 Å². The smallest absolute Gasteiger partial charge is 0.156 e. The van der Waals surface area contributed by atoms with E-state index < -0.39 is 5.60 Å². The molecule has 2 aromatic rings. The van der Waals surface area contributed by atoms with E-state index in [1.165, 1.54) is 0 Å². The summed E-state index contributed by atoms with van der Waals surface area (Å²) in [5, 5.41) is 9.90. The summed E-state index contributed by atoms with van der Waals surface area (Å²) in [6.45, 7) is 7.64. The van der Waals surface area contributed by atoms with Crippen molar-refractivity contribution in [3.63, 3.8) is 0 Å². The first-order valence-corrected chi connectivity index (χ1v) is 5.51. The number of aliphatic hydroxyl groups is 1. The molecule has 0 radical (unpaired) electrons. The first kappa shape index (κ1) is 11.1. The molecule has 0 unspecified atom stereocenters. The van der Waals surface area contributed by atoms with Gasteiger partial charge < -0.3 is 9.52 Å². The molecule has 2 heterocycles. The molecule has 0 aliphatic heterocycles. The molecule has 0 aliphatic rings. The number of hydrogen-bond acceptors (Lipinski definition) is 3. The predicted octanol–water partition coefficient (Wildman–Crippen LogP) is 3.18. The number of nitrogens with zero attached hydrogens (tertiary/aromatic N) is 1. The van der Waals surface area contributed by atoms with E-state index in [0.29, 0.717) is 11.7 Å². The van der Waals surface area contributed by atoms with E-state index in [0.717, 1.165) is 16.7 Å². The highest BCUT2D eigenvalue weighted by Crippen LogP contribution is 2.30. The largest absolute Gasteiger partial charge is 0.456 e. The van der Waals surface area contributed by atoms with Crippen LogP contribution in [0.25, 0.3) is 11.1 Å². The van der Waals surface area contributed by atoms with Gasteiger partial charge in [0.2, 0.25) is 0 Å². The third-order valence-electron chi connectivity index (χ3n) is 2.67. The molecule has 0 aromatic carbocycles. The topological polar surface area (TPSA) is 46.3 Å². The fourth-order valence-corrected chi connectivity index (χ4v) is 1.71. The van der Waals surface area contributed by atoms with Crippen LogP contribution < -0.4 is 0 Å². The third kappa shape index (κ3) is 1.83. The molecule has 0 bridgehead atoms. The fourth-order valence-electron chi connectivity index (χ4n) is 1.71. The Hall–Kier alpha value is -1.35. The molecule has 0 atom stereocenters. The number of pyridine rings is 1. The predicted molar refractivity (Wildman–Crippen MR) is 63.3 cm³/mol. The van der Waals surface area contributed by atoms with Gasteiger partial charge in [0.15, 0.2) is 5.58 Å². The van der Waals surface area contributed by atoms with Crippen molar-refractivity contribution < 1.29 is 9.52 Å². The quantitative estimate of drug-likeness (QED) is 0.843. The Balaban J connectivity index is 2.66. The van der Waals surface area contributed by atoms with Crippen LogP contribution in [0.5, 0.6) is 0 Å². The molecule has 2 aromatic heterocycles. The minimum atomic E-state index is -0.963. The molecule has 0 saturated carbocycles. The van der Waals surface area contributed by atoms with Gasteiger partial charge in [-0.25, -0.2) is 0 Å². The Kier molecular flexibility index (Phi) is 2.50. The van der Waals surface area contributed by atoms with Gasteiger partial charge in [-0.05, 0) is 25.8 Å². The molecular weight excluding hydrogens is 202 g/mol. The second-order valence-corrected chi connectivity index (χ2v) is 4.94. The highest BCUT2D eigenvalue weighted by molar-refractivity contribution is 5.77. The molecule has 1 N–H and O–H groups in total. The molecule has 3 heteroatoms. The number of hydrogen-bond donors (Lipinski definition) is 1. The number of rotatable bonds is 2. The zero-order valence-corrected chi connectivity index (χ0v) is 10.1. The molecule has 0 saturated heterocycles. The monoisotopic (exact) mass is 219 g/mol. The Morgan fingerprint density at radius 2 is 2.06 bits per heavy atom. The molecule has 0 aliphatic carbocycles. The van der Waals surface area contributed by atoms with Crippen molar-refractivity contribution in [2.24, 2.45) is 0 Å². The standard InChI is InChI=1S/C13H17NO2/c1-8(2)9-5-6-14-10-7-11(13(3,4)15)16-12(9)10/h5-8,15H,1-4H3. The molecule has 3 nitrogen and oxygen atoms in total. The van der Waals surface area contributed by atoms with Crippen LogP contribution in [0.1, 0.15) is 44.9 Å². The number of aromatic nitrogens is 1. The maximum absolute atomic E-state index is 9.90. The van der Waals surface area contributed by atoms with Crippen LogP contribution in [0.2, 0.25) is 0 Å². The molecule has 0 spiro atoms. The van der Waals surface area contributed by atoms with E-state index in [1.807, 2.05) is 6.07 Å². The van der Waals surface area contributed by atoms with Crippen LogP contribution >= 0.6 is 0 Å².